The Morgan fingerprint density at radius 2 is 1.71 bits per heavy atom. The van der Waals surface area contributed by atoms with Crippen LogP contribution in [0.1, 0.15) is 24.4 Å². The SMILES string of the molecule is CC.Cc1nc(Nc2cc(Sc3ccccc3)cc(Cl)n2)sc1C. The molecule has 0 saturated heterocycles. The highest BCUT2D eigenvalue weighted by atomic mass is 35.5. The Morgan fingerprint density at radius 1 is 1.00 bits per heavy atom. The van der Waals surface area contributed by atoms with Crippen molar-refractivity contribution in [1.29, 1.82) is 0 Å². The zero-order valence-electron chi connectivity index (χ0n) is 14.1. The number of aromatic nitrogens is 2. The van der Waals surface area contributed by atoms with Gasteiger partial charge in [-0.15, -0.1) is 11.3 Å². The maximum Gasteiger partial charge on any atom is 0.188 e. The topological polar surface area (TPSA) is 37.8 Å². The molecular formula is C18H20ClN3S2. The van der Waals surface area contributed by atoms with Crippen molar-refractivity contribution in [2.24, 2.45) is 0 Å². The third-order valence-electron chi connectivity index (χ3n) is 3.01. The molecule has 0 aliphatic rings. The van der Waals surface area contributed by atoms with Crippen LogP contribution in [-0.2, 0) is 0 Å². The zero-order chi connectivity index (χ0) is 17.5. The zero-order valence-corrected chi connectivity index (χ0v) is 16.5. The van der Waals surface area contributed by atoms with Crippen LogP contribution in [0.5, 0.6) is 0 Å². The fraction of sp³-hybridized carbons (Fsp3) is 0.222. The van der Waals surface area contributed by atoms with Gasteiger partial charge in [-0.05, 0) is 38.1 Å². The van der Waals surface area contributed by atoms with E-state index < -0.39 is 0 Å². The van der Waals surface area contributed by atoms with E-state index in [1.807, 2.05) is 51.1 Å². The van der Waals surface area contributed by atoms with E-state index in [1.165, 1.54) is 4.88 Å². The van der Waals surface area contributed by atoms with Crippen LogP contribution in [0, 0.1) is 13.8 Å². The number of halogens is 1. The van der Waals surface area contributed by atoms with Gasteiger partial charge >= 0.3 is 0 Å². The van der Waals surface area contributed by atoms with Crippen LogP contribution >= 0.6 is 34.7 Å². The normalized spacial score (nSPS) is 10.0. The molecule has 126 valence electrons. The van der Waals surface area contributed by atoms with E-state index >= 15 is 0 Å². The number of anilines is 2. The lowest BCUT2D eigenvalue weighted by molar-refractivity contribution is 1.20. The first-order valence-corrected chi connectivity index (χ1v) is 9.73. The maximum absolute atomic E-state index is 6.14. The molecule has 0 aliphatic carbocycles. The average Bonchev–Trinajstić information content (AvgIpc) is 2.87. The Hall–Kier alpha value is -1.56. The van der Waals surface area contributed by atoms with Gasteiger partial charge in [0, 0.05) is 14.7 Å². The third-order valence-corrected chi connectivity index (χ3v) is 5.17. The summed E-state index contributed by atoms with van der Waals surface area (Å²) in [5.41, 5.74) is 1.04. The van der Waals surface area contributed by atoms with E-state index in [4.69, 9.17) is 11.6 Å². The molecule has 0 unspecified atom stereocenters. The molecule has 2 aromatic heterocycles. The Bertz CT molecular complexity index is 769. The predicted octanol–water partition coefficient (Wildman–Crippen LogP) is 6.73. The summed E-state index contributed by atoms with van der Waals surface area (Å²) in [5.74, 6) is 0.708. The highest BCUT2D eigenvalue weighted by Crippen LogP contribution is 2.32. The summed E-state index contributed by atoms with van der Waals surface area (Å²) in [6.07, 6.45) is 0. The van der Waals surface area contributed by atoms with Crippen molar-refractivity contribution in [3.63, 3.8) is 0 Å². The van der Waals surface area contributed by atoms with Gasteiger partial charge < -0.3 is 5.32 Å². The molecule has 0 aliphatic heterocycles. The third kappa shape index (κ3) is 5.23. The molecule has 0 spiro atoms. The maximum atomic E-state index is 6.14. The van der Waals surface area contributed by atoms with E-state index in [0.717, 1.165) is 20.6 Å². The van der Waals surface area contributed by atoms with Crippen molar-refractivity contribution in [2.75, 3.05) is 5.32 Å². The molecule has 3 rings (SSSR count). The molecular weight excluding hydrogens is 358 g/mol. The fourth-order valence-electron chi connectivity index (χ4n) is 1.86. The summed E-state index contributed by atoms with van der Waals surface area (Å²) in [6.45, 7) is 8.05. The number of pyridine rings is 1. The van der Waals surface area contributed by atoms with Gasteiger partial charge in [0.15, 0.2) is 5.13 Å². The molecule has 0 bridgehead atoms. The largest absolute Gasteiger partial charge is 0.316 e. The van der Waals surface area contributed by atoms with Gasteiger partial charge in [-0.1, -0.05) is 55.4 Å². The fourth-order valence-corrected chi connectivity index (χ4v) is 3.86. The Labute approximate surface area is 156 Å². The quantitative estimate of drug-likeness (QED) is 0.511. The van der Waals surface area contributed by atoms with Crippen molar-refractivity contribution < 1.29 is 0 Å². The lowest BCUT2D eigenvalue weighted by Gasteiger charge is -2.06. The minimum atomic E-state index is 0.466. The Morgan fingerprint density at radius 3 is 2.33 bits per heavy atom. The predicted molar refractivity (Wildman–Crippen MR) is 106 cm³/mol. The molecule has 0 fully saturated rings. The molecule has 6 heteroatoms. The molecule has 3 aromatic rings. The van der Waals surface area contributed by atoms with Crippen molar-refractivity contribution in [3.8, 4) is 0 Å². The van der Waals surface area contributed by atoms with Crippen molar-refractivity contribution in [2.45, 2.75) is 37.5 Å². The minimum Gasteiger partial charge on any atom is -0.316 e. The summed E-state index contributed by atoms with van der Waals surface area (Å²) in [7, 11) is 0. The molecule has 24 heavy (non-hydrogen) atoms. The lowest BCUT2D eigenvalue weighted by Crippen LogP contribution is -1.94. The second kappa shape index (κ2) is 9.06. The number of hydrogen-bond donors (Lipinski definition) is 1. The Balaban J connectivity index is 0.00000100. The summed E-state index contributed by atoms with van der Waals surface area (Å²) >= 11 is 9.40. The summed E-state index contributed by atoms with van der Waals surface area (Å²) < 4.78 is 0. The minimum absolute atomic E-state index is 0.466. The molecule has 0 saturated carbocycles. The summed E-state index contributed by atoms with van der Waals surface area (Å²) in [6, 6.07) is 14.0. The van der Waals surface area contributed by atoms with Gasteiger partial charge in [-0.25, -0.2) is 9.97 Å². The smallest absolute Gasteiger partial charge is 0.188 e. The van der Waals surface area contributed by atoms with E-state index in [9.17, 15) is 0 Å². The van der Waals surface area contributed by atoms with E-state index in [1.54, 1.807) is 23.1 Å². The second-order valence-electron chi connectivity index (χ2n) is 4.71. The number of benzene rings is 1. The van der Waals surface area contributed by atoms with Gasteiger partial charge in [-0.3, -0.25) is 0 Å². The molecule has 3 nitrogen and oxygen atoms in total. The molecule has 2 heterocycles. The van der Waals surface area contributed by atoms with Gasteiger partial charge in [0.2, 0.25) is 0 Å². The van der Waals surface area contributed by atoms with Gasteiger partial charge in [0.25, 0.3) is 0 Å². The monoisotopic (exact) mass is 377 g/mol. The highest BCUT2D eigenvalue weighted by molar-refractivity contribution is 7.99. The number of rotatable bonds is 4. The molecule has 0 amide bonds. The second-order valence-corrected chi connectivity index (χ2v) is 7.45. The van der Waals surface area contributed by atoms with Crippen LogP contribution in [0.15, 0.2) is 52.3 Å². The van der Waals surface area contributed by atoms with Crippen LogP contribution in [0.4, 0.5) is 10.9 Å². The van der Waals surface area contributed by atoms with Gasteiger partial charge in [-0.2, -0.15) is 0 Å². The number of nitrogens with zero attached hydrogens (tertiary/aromatic N) is 2. The number of aryl methyl sites for hydroxylation is 2. The van der Waals surface area contributed by atoms with Gasteiger partial charge in [0.05, 0.1) is 5.69 Å². The first-order valence-electron chi connectivity index (χ1n) is 7.72. The van der Waals surface area contributed by atoms with Crippen LogP contribution in [0.25, 0.3) is 0 Å². The Kier molecular flexibility index (Phi) is 7.09. The van der Waals surface area contributed by atoms with Gasteiger partial charge in [0.1, 0.15) is 11.0 Å². The van der Waals surface area contributed by atoms with E-state index in [-0.39, 0.29) is 0 Å². The standard InChI is InChI=1S/C16H14ClN3S2.C2H6/c1-10-11(2)21-16(18-10)20-15-9-13(8-14(17)19-15)22-12-6-4-3-5-7-12;1-2/h3-9H,1-2H3,(H,18,19,20);1-2H3. The first-order chi connectivity index (χ1) is 11.6. The average molecular weight is 378 g/mol. The van der Waals surface area contributed by atoms with E-state index in [0.29, 0.717) is 11.0 Å². The molecule has 1 aromatic carbocycles. The first kappa shape index (κ1) is 18.8. The number of hydrogen-bond acceptors (Lipinski definition) is 5. The molecule has 0 radical (unpaired) electrons. The molecule has 1 N–H and O–H groups in total. The van der Waals surface area contributed by atoms with Crippen LogP contribution in [-0.4, -0.2) is 9.97 Å². The number of thiazole rings is 1. The van der Waals surface area contributed by atoms with Crippen LogP contribution in [0.3, 0.4) is 0 Å². The van der Waals surface area contributed by atoms with Crippen LogP contribution < -0.4 is 5.32 Å². The van der Waals surface area contributed by atoms with Crippen LogP contribution in [0.2, 0.25) is 5.15 Å². The summed E-state index contributed by atoms with van der Waals surface area (Å²) in [4.78, 5) is 12.2. The van der Waals surface area contributed by atoms with Crippen molar-refractivity contribution >= 4 is 45.6 Å². The van der Waals surface area contributed by atoms with E-state index in [2.05, 4.69) is 34.3 Å². The highest BCUT2D eigenvalue weighted by Gasteiger charge is 2.07. The summed E-state index contributed by atoms with van der Waals surface area (Å²) in [5, 5.41) is 4.53. The van der Waals surface area contributed by atoms with Crippen molar-refractivity contribution in [3.05, 3.63) is 58.2 Å². The van der Waals surface area contributed by atoms with Crippen molar-refractivity contribution in [1.82, 2.24) is 9.97 Å². The lowest BCUT2D eigenvalue weighted by atomic mass is 10.4. The number of nitrogens with one attached hydrogen (secondary N) is 1. The molecule has 0 atom stereocenters.